The fraction of sp³-hybridized carbons (Fsp3) is 0.409. The molecule has 27 heavy (non-hydrogen) atoms. The van der Waals surface area contributed by atoms with Crippen molar-refractivity contribution in [1.29, 1.82) is 0 Å². The average molecular weight is 368 g/mol. The topological polar surface area (TPSA) is 50.8 Å². The fourth-order valence-electron chi connectivity index (χ4n) is 3.51. The third kappa shape index (κ3) is 4.73. The molecule has 2 aromatic carbocycles. The molecule has 1 amide bonds. The summed E-state index contributed by atoms with van der Waals surface area (Å²) in [6, 6.07) is 16.1. The molecule has 0 saturated carbocycles. The van der Waals surface area contributed by atoms with E-state index < -0.39 is 0 Å². The summed E-state index contributed by atoms with van der Waals surface area (Å²) in [5, 5.41) is 3.08. The molecule has 2 aromatic rings. The third-order valence-corrected chi connectivity index (χ3v) is 4.77. The highest BCUT2D eigenvalue weighted by molar-refractivity contribution is 5.95. The van der Waals surface area contributed by atoms with Gasteiger partial charge in [-0.3, -0.25) is 4.79 Å². The van der Waals surface area contributed by atoms with Crippen molar-refractivity contribution in [3.8, 4) is 11.5 Å². The minimum absolute atomic E-state index is 0.0843. The summed E-state index contributed by atoms with van der Waals surface area (Å²) < 4.78 is 11.2. The highest BCUT2D eigenvalue weighted by Crippen LogP contribution is 2.29. The highest BCUT2D eigenvalue weighted by atomic mass is 16.5. The van der Waals surface area contributed by atoms with Gasteiger partial charge in [-0.2, -0.15) is 0 Å². The van der Waals surface area contributed by atoms with E-state index >= 15 is 0 Å². The van der Waals surface area contributed by atoms with E-state index in [4.69, 9.17) is 9.47 Å². The first-order chi connectivity index (χ1) is 13.2. The summed E-state index contributed by atoms with van der Waals surface area (Å²) >= 11 is 0. The second-order valence-electron chi connectivity index (χ2n) is 6.56. The first-order valence-electron chi connectivity index (χ1n) is 9.72. The van der Waals surface area contributed by atoms with Crippen LogP contribution in [0.1, 0.15) is 37.0 Å². The molecule has 0 aliphatic carbocycles. The molecule has 1 aliphatic rings. The Hall–Kier alpha value is -2.69. The summed E-state index contributed by atoms with van der Waals surface area (Å²) in [5.41, 5.74) is 1.81. The van der Waals surface area contributed by atoms with Crippen LogP contribution in [0.2, 0.25) is 0 Å². The molecular formula is C22H28N2O3. The van der Waals surface area contributed by atoms with E-state index in [9.17, 15) is 4.79 Å². The van der Waals surface area contributed by atoms with Gasteiger partial charge in [0.25, 0.3) is 5.91 Å². The van der Waals surface area contributed by atoms with Gasteiger partial charge in [0.15, 0.2) is 11.5 Å². The Morgan fingerprint density at radius 3 is 2.56 bits per heavy atom. The van der Waals surface area contributed by atoms with Gasteiger partial charge in [0.05, 0.1) is 13.2 Å². The zero-order chi connectivity index (χ0) is 19.1. The molecule has 1 N–H and O–H groups in total. The van der Waals surface area contributed by atoms with E-state index in [1.54, 1.807) is 18.2 Å². The van der Waals surface area contributed by atoms with Crippen LogP contribution in [0.3, 0.4) is 0 Å². The molecule has 0 bridgehead atoms. The van der Waals surface area contributed by atoms with Crippen LogP contribution in [-0.2, 0) is 0 Å². The molecule has 1 fully saturated rings. The number of anilines is 1. The van der Waals surface area contributed by atoms with E-state index in [1.165, 1.54) is 5.69 Å². The maximum Gasteiger partial charge on any atom is 0.251 e. The maximum absolute atomic E-state index is 12.6. The number of rotatable bonds is 8. The van der Waals surface area contributed by atoms with Gasteiger partial charge in [-0.15, -0.1) is 0 Å². The molecule has 5 nitrogen and oxygen atoms in total. The van der Waals surface area contributed by atoms with Gasteiger partial charge < -0.3 is 19.7 Å². The van der Waals surface area contributed by atoms with Crippen molar-refractivity contribution in [1.82, 2.24) is 5.32 Å². The third-order valence-electron chi connectivity index (χ3n) is 4.77. The number of ether oxygens (including phenoxy) is 2. The van der Waals surface area contributed by atoms with Crippen molar-refractivity contribution >= 4 is 11.6 Å². The van der Waals surface area contributed by atoms with Crippen LogP contribution in [-0.4, -0.2) is 38.3 Å². The molecule has 1 unspecified atom stereocenters. The second-order valence-corrected chi connectivity index (χ2v) is 6.56. The smallest absolute Gasteiger partial charge is 0.251 e. The standard InChI is InChI=1S/C22H28N2O3/c1-3-26-20-13-12-17(15-21(20)27-4-2)22(25)23-16-19-11-8-14-24(19)18-9-6-5-7-10-18/h5-7,9-10,12-13,15,19H,3-4,8,11,14,16H2,1-2H3,(H,23,25). The first-order valence-corrected chi connectivity index (χ1v) is 9.72. The summed E-state index contributed by atoms with van der Waals surface area (Å²) in [6.07, 6.45) is 2.23. The van der Waals surface area contributed by atoms with Gasteiger partial charge in [-0.1, -0.05) is 18.2 Å². The predicted octanol–water partition coefficient (Wildman–Crippen LogP) is 3.88. The van der Waals surface area contributed by atoms with Gasteiger partial charge in [0, 0.05) is 30.4 Å². The number of hydrogen-bond donors (Lipinski definition) is 1. The summed E-state index contributed by atoms with van der Waals surface area (Å²) in [5.74, 6) is 1.19. The summed E-state index contributed by atoms with van der Waals surface area (Å²) in [6.45, 7) is 6.59. The molecule has 1 heterocycles. The Morgan fingerprint density at radius 2 is 1.81 bits per heavy atom. The minimum Gasteiger partial charge on any atom is -0.490 e. The van der Waals surface area contributed by atoms with Crippen molar-refractivity contribution in [3.05, 3.63) is 54.1 Å². The average Bonchev–Trinajstić information content (AvgIpc) is 3.17. The quantitative estimate of drug-likeness (QED) is 0.768. The zero-order valence-corrected chi connectivity index (χ0v) is 16.1. The summed E-state index contributed by atoms with van der Waals surface area (Å²) in [4.78, 5) is 15.0. The lowest BCUT2D eigenvalue weighted by molar-refractivity contribution is 0.0951. The Bertz CT molecular complexity index is 748. The molecule has 0 radical (unpaired) electrons. The highest BCUT2D eigenvalue weighted by Gasteiger charge is 2.25. The van der Waals surface area contributed by atoms with Crippen molar-refractivity contribution < 1.29 is 14.3 Å². The lowest BCUT2D eigenvalue weighted by Crippen LogP contribution is -2.40. The summed E-state index contributed by atoms with van der Waals surface area (Å²) in [7, 11) is 0. The minimum atomic E-state index is -0.0843. The molecule has 1 saturated heterocycles. The van der Waals surface area contributed by atoms with Gasteiger partial charge in [0.1, 0.15) is 0 Å². The van der Waals surface area contributed by atoms with Gasteiger partial charge >= 0.3 is 0 Å². The van der Waals surface area contributed by atoms with Crippen LogP contribution < -0.4 is 19.7 Å². The number of carbonyl (C=O) groups is 1. The normalized spacial score (nSPS) is 16.2. The lowest BCUT2D eigenvalue weighted by Gasteiger charge is -2.27. The molecule has 0 spiro atoms. The van der Waals surface area contributed by atoms with E-state index in [2.05, 4.69) is 34.5 Å². The molecule has 3 rings (SSSR count). The Balaban J connectivity index is 1.64. The number of benzene rings is 2. The molecule has 1 aliphatic heterocycles. The molecule has 0 aromatic heterocycles. The molecule has 1 atom stereocenters. The number of carbonyl (C=O) groups excluding carboxylic acids is 1. The van der Waals surface area contributed by atoms with Crippen LogP contribution in [0.4, 0.5) is 5.69 Å². The van der Waals surface area contributed by atoms with Crippen LogP contribution in [0.25, 0.3) is 0 Å². The SMILES string of the molecule is CCOc1ccc(C(=O)NCC2CCCN2c2ccccc2)cc1OCC. The monoisotopic (exact) mass is 368 g/mol. The number of para-hydroxylation sites is 1. The van der Waals surface area contributed by atoms with Crippen molar-refractivity contribution in [3.63, 3.8) is 0 Å². The second kappa shape index (κ2) is 9.31. The molecule has 5 heteroatoms. The number of nitrogens with one attached hydrogen (secondary N) is 1. The lowest BCUT2D eigenvalue weighted by atomic mass is 10.1. The van der Waals surface area contributed by atoms with Crippen LogP contribution >= 0.6 is 0 Å². The van der Waals surface area contributed by atoms with Crippen molar-refractivity contribution in [2.45, 2.75) is 32.7 Å². The van der Waals surface area contributed by atoms with E-state index in [-0.39, 0.29) is 5.91 Å². The van der Waals surface area contributed by atoms with Crippen LogP contribution in [0.5, 0.6) is 11.5 Å². The van der Waals surface area contributed by atoms with Gasteiger partial charge in [-0.25, -0.2) is 0 Å². The number of hydrogen-bond acceptors (Lipinski definition) is 4. The molecular weight excluding hydrogens is 340 g/mol. The molecule has 144 valence electrons. The first kappa shape index (κ1) is 19.1. The predicted molar refractivity (Wildman–Crippen MR) is 108 cm³/mol. The van der Waals surface area contributed by atoms with Crippen molar-refractivity contribution in [2.24, 2.45) is 0 Å². The number of amides is 1. The van der Waals surface area contributed by atoms with E-state index in [0.717, 1.165) is 19.4 Å². The largest absolute Gasteiger partial charge is 0.490 e. The van der Waals surface area contributed by atoms with E-state index in [1.807, 2.05) is 19.9 Å². The van der Waals surface area contributed by atoms with Gasteiger partial charge in [0.2, 0.25) is 0 Å². The zero-order valence-electron chi connectivity index (χ0n) is 16.1. The Kier molecular flexibility index (Phi) is 6.58. The Morgan fingerprint density at radius 1 is 1.07 bits per heavy atom. The van der Waals surface area contributed by atoms with Crippen molar-refractivity contribution in [2.75, 3.05) is 31.2 Å². The fourth-order valence-corrected chi connectivity index (χ4v) is 3.51. The van der Waals surface area contributed by atoms with Gasteiger partial charge in [-0.05, 0) is 57.0 Å². The Labute approximate surface area is 161 Å². The van der Waals surface area contributed by atoms with Crippen LogP contribution in [0, 0.1) is 0 Å². The van der Waals surface area contributed by atoms with Crippen LogP contribution in [0.15, 0.2) is 48.5 Å². The van der Waals surface area contributed by atoms with E-state index in [0.29, 0.717) is 42.9 Å². The maximum atomic E-state index is 12.6. The number of nitrogens with zero attached hydrogens (tertiary/aromatic N) is 1.